The van der Waals surface area contributed by atoms with Crippen molar-refractivity contribution in [2.75, 3.05) is 10.7 Å². The van der Waals surface area contributed by atoms with E-state index in [1.807, 2.05) is 49.4 Å². The van der Waals surface area contributed by atoms with Crippen LogP contribution in [-0.2, 0) is 21.2 Å². The van der Waals surface area contributed by atoms with Gasteiger partial charge in [-0.2, -0.15) is 0 Å². The fourth-order valence-corrected chi connectivity index (χ4v) is 6.35. The Labute approximate surface area is 202 Å². The van der Waals surface area contributed by atoms with Crippen molar-refractivity contribution in [2.24, 2.45) is 0 Å². The molecule has 0 atom stereocenters. The van der Waals surface area contributed by atoms with Gasteiger partial charge in [-0.25, -0.2) is 13.4 Å². The maximum absolute atomic E-state index is 13.3. The van der Waals surface area contributed by atoms with Crippen LogP contribution >= 0.6 is 22.9 Å². The average molecular weight is 499 g/mol. The predicted molar refractivity (Wildman–Crippen MR) is 135 cm³/mol. The summed E-state index contributed by atoms with van der Waals surface area (Å²) < 4.78 is 26.1. The first-order valence-corrected chi connectivity index (χ1v) is 13.4. The molecular formula is C25H23ClN2O3S2. The van der Waals surface area contributed by atoms with Gasteiger partial charge in [0.05, 0.1) is 27.4 Å². The van der Waals surface area contributed by atoms with Crippen LogP contribution in [0.2, 0.25) is 5.02 Å². The number of benzene rings is 3. The van der Waals surface area contributed by atoms with Crippen LogP contribution < -0.4 is 4.90 Å². The summed E-state index contributed by atoms with van der Waals surface area (Å²) in [7, 11) is -3.43. The average Bonchev–Trinajstić information content (AvgIpc) is 3.22. The van der Waals surface area contributed by atoms with Gasteiger partial charge in [-0.15, -0.1) is 0 Å². The zero-order valence-corrected chi connectivity index (χ0v) is 20.5. The van der Waals surface area contributed by atoms with Crippen LogP contribution in [0.1, 0.15) is 24.0 Å². The Morgan fingerprint density at radius 1 is 1.03 bits per heavy atom. The number of hydrogen-bond acceptors (Lipinski definition) is 5. The third-order valence-electron chi connectivity index (χ3n) is 5.26. The first kappa shape index (κ1) is 23.4. The van der Waals surface area contributed by atoms with Crippen molar-refractivity contribution >= 4 is 54.0 Å². The zero-order chi connectivity index (χ0) is 23.4. The van der Waals surface area contributed by atoms with Crippen LogP contribution in [0.5, 0.6) is 0 Å². The Bertz CT molecular complexity index is 1370. The van der Waals surface area contributed by atoms with Gasteiger partial charge >= 0.3 is 0 Å². The quantitative estimate of drug-likeness (QED) is 0.297. The normalized spacial score (nSPS) is 11.6. The molecule has 33 heavy (non-hydrogen) atoms. The molecule has 1 amide bonds. The number of thiazole rings is 1. The maximum Gasteiger partial charge on any atom is 0.229 e. The zero-order valence-electron chi connectivity index (χ0n) is 18.1. The second-order valence-corrected chi connectivity index (χ2v) is 11.3. The Kier molecular flexibility index (Phi) is 7.12. The van der Waals surface area contributed by atoms with E-state index >= 15 is 0 Å². The van der Waals surface area contributed by atoms with E-state index in [2.05, 4.69) is 0 Å². The molecule has 0 aliphatic heterocycles. The number of rotatable bonds is 8. The number of aromatic nitrogens is 1. The van der Waals surface area contributed by atoms with Gasteiger partial charge in [0.15, 0.2) is 15.0 Å². The highest BCUT2D eigenvalue weighted by Crippen LogP contribution is 2.34. The Hall–Kier alpha value is -2.74. The molecule has 0 bridgehead atoms. The number of nitrogens with zero attached hydrogens (tertiary/aromatic N) is 2. The van der Waals surface area contributed by atoms with Crippen LogP contribution in [0.4, 0.5) is 5.13 Å². The van der Waals surface area contributed by atoms with E-state index in [1.165, 1.54) is 11.3 Å². The fourth-order valence-electron chi connectivity index (χ4n) is 3.58. The minimum atomic E-state index is -3.43. The highest BCUT2D eigenvalue weighted by molar-refractivity contribution is 7.91. The minimum Gasteiger partial charge on any atom is -0.284 e. The standard InChI is InChI=1S/C25H23ClN2O3S2/c1-18-15-20(26)16-22-24(18)27-25(32-22)28(17-19-9-4-2-5-10-19)23(29)13-8-14-33(30,31)21-11-6-3-7-12-21/h2-7,9-12,15-16H,8,13-14,17H2,1H3. The molecule has 8 heteroatoms. The molecule has 0 N–H and O–H groups in total. The van der Waals surface area contributed by atoms with E-state index in [1.54, 1.807) is 35.2 Å². The van der Waals surface area contributed by atoms with Crippen molar-refractivity contribution in [3.05, 3.63) is 88.9 Å². The number of amides is 1. The third kappa shape index (κ3) is 5.61. The molecule has 0 saturated carbocycles. The summed E-state index contributed by atoms with van der Waals surface area (Å²) in [5, 5.41) is 1.21. The Morgan fingerprint density at radius 3 is 2.39 bits per heavy atom. The molecule has 0 unspecified atom stereocenters. The molecule has 0 spiro atoms. The van der Waals surface area contributed by atoms with Crippen LogP contribution in [-0.4, -0.2) is 25.1 Å². The lowest BCUT2D eigenvalue weighted by Crippen LogP contribution is -2.30. The highest BCUT2D eigenvalue weighted by atomic mass is 35.5. The molecule has 0 saturated heterocycles. The largest absolute Gasteiger partial charge is 0.284 e. The van der Waals surface area contributed by atoms with Crippen LogP contribution in [0, 0.1) is 6.92 Å². The van der Waals surface area contributed by atoms with Gasteiger partial charge in [-0.05, 0) is 48.7 Å². The summed E-state index contributed by atoms with van der Waals surface area (Å²) in [6.07, 6.45) is 0.339. The third-order valence-corrected chi connectivity index (χ3v) is 8.32. The predicted octanol–water partition coefficient (Wildman–Crippen LogP) is 6.05. The highest BCUT2D eigenvalue weighted by Gasteiger charge is 2.22. The second-order valence-electron chi connectivity index (χ2n) is 7.77. The Balaban J connectivity index is 1.56. The SMILES string of the molecule is Cc1cc(Cl)cc2sc(N(Cc3ccccc3)C(=O)CCCS(=O)(=O)c3ccccc3)nc12. The monoisotopic (exact) mass is 498 g/mol. The molecule has 5 nitrogen and oxygen atoms in total. The van der Waals surface area contributed by atoms with Crippen molar-refractivity contribution < 1.29 is 13.2 Å². The summed E-state index contributed by atoms with van der Waals surface area (Å²) >= 11 is 7.62. The van der Waals surface area contributed by atoms with E-state index < -0.39 is 9.84 Å². The number of anilines is 1. The number of sulfone groups is 1. The van der Waals surface area contributed by atoms with E-state index in [4.69, 9.17) is 16.6 Å². The summed E-state index contributed by atoms with van der Waals surface area (Å²) in [4.78, 5) is 19.9. The molecule has 4 rings (SSSR count). The van der Waals surface area contributed by atoms with Gasteiger partial charge in [-0.1, -0.05) is 71.5 Å². The number of carbonyl (C=O) groups is 1. The van der Waals surface area contributed by atoms with Gasteiger partial charge in [0.25, 0.3) is 0 Å². The molecule has 170 valence electrons. The molecule has 1 aromatic heterocycles. The molecular weight excluding hydrogens is 476 g/mol. The van der Waals surface area contributed by atoms with Crippen LogP contribution in [0.25, 0.3) is 10.2 Å². The van der Waals surface area contributed by atoms with Gasteiger partial charge < -0.3 is 0 Å². The fraction of sp³-hybridized carbons (Fsp3) is 0.200. The van der Waals surface area contributed by atoms with Gasteiger partial charge in [-0.3, -0.25) is 9.69 Å². The van der Waals surface area contributed by atoms with E-state index in [0.717, 1.165) is 21.3 Å². The first-order valence-electron chi connectivity index (χ1n) is 10.5. The summed E-state index contributed by atoms with van der Waals surface area (Å²) in [6, 6.07) is 21.7. The molecule has 0 aliphatic carbocycles. The lowest BCUT2D eigenvalue weighted by molar-refractivity contribution is -0.118. The van der Waals surface area contributed by atoms with Gasteiger partial charge in [0.2, 0.25) is 5.91 Å². The molecule has 0 aliphatic rings. The summed E-state index contributed by atoms with van der Waals surface area (Å²) in [5.74, 6) is -0.249. The van der Waals surface area contributed by atoms with Crippen molar-refractivity contribution in [1.82, 2.24) is 4.98 Å². The molecule has 1 heterocycles. The number of fused-ring (bicyclic) bond motifs is 1. The van der Waals surface area contributed by atoms with Crippen molar-refractivity contribution in [3.8, 4) is 0 Å². The number of halogens is 1. The maximum atomic E-state index is 13.3. The lowest BCUT2D eigenvalue weighted by atomic mass is 10.2. The van der Waals surface area contributed by atoms with Gasteiger partial charge in [0, 0.05) is 11.4 Å². The van der Waals surface area contributed by atoms with Crippen molar-refractivity contribution in [3.63, 3.8) is 0 Å². The first-order chi connectivity index (χ1) is 15.8. The molecule has 3 aromatic carbocycles. The van der Waals surface area contributed by atoms with Crippen LogP contribution in [0.3, 0.4) is 0 Å². The van der Waals surface area contributed by atoms with E-state index in [-0.39, 0.29) is 29.4 Å². The second kappa shape index (κ2) is 10.0. The topological polar surface area (TPSA) is 67.3 Å². The van der Waals surface area contributed by atoms with E-state index in [0.29, 0.717) is 16.7 Å². The Morgan fingerprint density at radius 2 is 1.70 bits per heavy atom. The number of aryl methyl sites for hydroxylation is 1. The number of carbonyl (C=O) groups excluding carboxylic acids is 1. The molecule has 0 radical (unpaired) electrons. The lowest BCUT2D eigenvalue weighted by Gasteiger charge is -2.20. The van der Waals surface area contributed by atoms with Crippen molar-refractivity contribution in [2.45, 2.75) is 31.2 Å². The smallest absolute Gasteiger partial charge is 0.229 e. The molecule has 4 aromatic rings. The van der Waals surface area contributed by atoms with E-state index in [9.17, 15) is 13.2 Å². The van der Waals surface area contributed by atoms with Gasteiger partial charge in [0.1, 0.15) is 0 Å². The minimum absolute atomic E-state index is 0.0868. The van der Waals surface area contributed by atoms with Crippen molar-refractivity contribution in [1.29, 1.82) is 0 Å². The number of hydrogen-bond donors (Lipinski definition) is 0. The molecule has 0 fully saturated rings. The summed E-state index contributed by atoms with van der Waals surface area (Å²) in [6.45, 7) is 2.30. The summed E-state index contributed by atoms with van der Waals surface area (Å²) in [5.41, 5.74) is 2.73. The van der Waals surface area contributed by atoms with Crippen LogP contribution in [0.15, 0.2) is 77.7 Å².